The maximum atomic E-state index is 13.6. The van der Waals surface area contributed by atoms with Gasteiger partial charge in [0.2, 0.25) is 5.90 Å². The van der Waals surface area contributed by atoms with Gasteiger partial charge in [-0.3, -0.25) is 0 Å². The quantitative estimate of drug-likeness (QED) is 0.625. The van der Waals surface area contributed by atoms with Gasteiger partial charge < -0.3 is 4.74 Å². The molecule has 0 unspecified atom stereocenters. The van der Waals surface area contributed by atoms with Crippen molar-refractivity contribution in [2.75, 3.05) is 0 Å². The molecular formula is C16H9ClFNO2. The van der Waals surface area contributed by atoms with Gasteiger partial charge in [0.05, 0.1) is 0 Å². The van der Waals surface area contributed by atoms with Crippen LogP contribution < -0.4 is 0 Å². The molecule has 0 fully saturated rings. The Balaban J connectivity index is 1.96. The molecule has 0 saturated heterocycles. The minimum Gasteiger partial charge on any atom is -0.402 e. The van der Waals surface area contributed by atoms with Crippen LogP contribution in [0.5, 0.6) is 0 Å². The van der Waals surface area contributed by atoms with Crippen LogP contribution in [0.1, 0.15) is 11.1 Å². The number of hydrogen-bond donors (Lipinski definition) is 0. The summed E-state index contributed by atoms with van der Waals surface area (Å²) in [5, 5.41) is 0.575. The van der Waals surface area contributed by atoms with Crippen LogP contribution in [0.4, 0.5) is 4.39 Å². The normalized spacial score (nSPS) is 16.0. The predicted octanol–water partition coefficient (Wildman–Crippen LogP) is 3.82. The van der Waals surface area contributed by atoms with Crippen molar-refractivity contribution in [2.24, 2.45) is 4.99 Å². The van der Waals surface area contributed by atoms with Crippen molar-refractivity contribution in [3.63, 3.8) is 0 Å². The van der Waals surface area contributed by atoms with Crippen molar-refractivity contribution < 1.29 is 13.9 Å². The molecule has 0 aliphatic carbocycles. The molecule has 1 aliphatic heterocycles. The van der Waals surface area contributed by atoms with Crippen molar-refractivity contribution in [1.29, 1.82) is 0 Å². The fourth-order valence-electron chi connectivity index (χ4n) is 1.86. The SMILES string of the molecule is O=C1OC(c2ccc(Cl)cc2)=N/C1=C/c1ccccc1F. The molecule has 21 heavy (non-hydrogen) atoms. The molecule has 0 atom stereocenters. The summed E-state index contributed by atoms with van der Waals surface area (Å²) in [6.45, 7) is 0. The minimum atomic E-state index is -0.608. The molecular weight excluding hydrogens is 293 g/mol. The lowest BCUT2D eigenvalue weighted by Gasteiger charge is -1.98. The molecule has 104 valence electrons. The number of cyclic esters (lactones) is 1. The lowest BCUT2D eigenvalue weighted by atomic mass is 10.2. The number of nitrogens with zero attached hydrogens (tertiary/aromatic N) is 1. The van der Waals surface area contributed by atoms with E-state index in [4.69, 9.17) is 16.3 Å². The number of carbonyl (C=O) groups excluding carboxylic acids is 1. The third-order valence-electron chi connectivity index (χ3n) is 2.91. The van der Waals surface area contributed by atoms with Crippen LogP contribution in [0, 0.1) is 5.82 Å². The van der Waals surface area contributed by atoms with E-state index in [2.05, 4.69) is 4.99 Å². The zero-order valence-corrected chi connectivity index (χ0v) is 11.5. The molecule has 0 spiro atoms. The number of hydrogen-bond acceptors (Lipinski definition) is 3. The summed E-state index contributed by atoms with van der Waals surface area (Å²) in [7, 11) is 0. The van der Waals surface area contributed by atoms with E-state index < -0.39 is 11.8 Å². The monoisotopic (exact) mass is 301 g/mol. The number of aliphatic imine (C=N–C) groups is 1. The van der Waals surface area contributed by atoms with E-state index in [9.17, 15) is 9.18 Å². The number of carbonyl (C=O) groups is 1. The van der Waals surface area contributed by atoms with Crippen molar-refractivity contribution in [1.82, 2.24) is 0 Å². The van der Waals surface area contributed by atoms with Gasteiger partial charge >= 0.3 is 5.97 Å². The van der Waals surface area contributed by atoms with Gasteiger partial charge in [-0.25, -0.2) is 14.2 Å². The summed E-state index contributed by atoms with van der Waals surface area (Å²) < 4.78 is 18.7. The first-order valence-electron chi connectivity index (χ1n) is 6.16. The molecule has 1 heterocycles. The van der Waals surface area contributed by atoms with Gasteiger partial charge in [-0.05, 0) is 36.4 Å². The first-order valence-corrected chi connectivity index (χ1v) is 6.54. The number of ether oxygens (including phenoxy) is 1. The lowest BCUT2D eigenvalue weighted by Crippen LogP contribution is -2.05. The largest absolute Gasteiger partial charge is 0.402 e. The third-order valence-corrected chi connectivity index (χ3v) is 3.16. The van der Waals surface area contributed by atoms with E-state index in [1.54, 1.807) is 42.5 Å². The van der Waals surface area contributed by atoms with Crippen LogP contribution in [0.2, 0.25) is 5.02 Å². The lowest BCUT2D eigenvalue weighted by molar-refractivity contribution is -0.129. The average Bonchev–Trinajstić information content (AvgIpc) is 2.83. The topological polar surface area (TPSA) is 38.7 Å². The molecule has 2 aromatic carbocycles. The molecule has 0 saturated carbocycles. The summed E-state index contributed by atoms with van der Waals surface area (Å²) in [4.78, 5) is 15.9. The fraction of sp³-hybridized carbons (Fsp3) is 0. The summed E-state index contributed by atoms with van der Waals surface area (Å²) in [6, 6.07) is 12.9. The molecule has 0 N–H and O–H groups in total. The number of halogens is 2. The van der Waals surface area contributed by atoms with Crippen LogP contribution in [0.25, 0.3) is 6.08 Å². The second-order valence-electron chi connectivity index (χ2n) is 4.36. The first kappa shape index (κ1) is 13.5. The van der Waals surface area contributed by atoms with Gasteiger partial charge in [-0.2, -0.15) is 0 Å². The Bertz CT molecular complexity index is 766. The Hall–Kier alpha value is -2.46. The zero-order chi connectivity index (χ0) is 14.8. The second kappa shape index (κ2) is 5.50. The summed E-state index contributed by atoms with van der Waals surface area (Å²) >= 11 is 5.80. The van der Waals surface area contributed by atoms with Gasteiger partial charge in [-0.1, -0.05) is 29.8 Å². The van der Waals surface area contributed by atoms with Crippen LogP contribution in [-0.4, -0.2) is 11.9 Å². The molecule has 5 heteroatoms. The summed E-state index contributed by atoms with van der Waals surface area (Å²) in [5.74, 6) is -0.851. The Labute approximate surface area is 125 Å². The Morgan fingerprint density at radius 2 is 1.81 bits per heavy atom. The van der Waals surface area contributed by atoms with Gasteiger partial charge in [0.1, 0.15) is 5.82 Å². The van der Waals surface area contributed by atoms with Gasteiger partial charge in [0.25, 0.3) is 0 Å². The van der Waals surface area contributed by atoms with Crippen LogP contribution >= 0.6 is 11.6 Å². The highest BCUT2D eigenvalue weighted by Gasteiger charge is 2.24. The molecule has 3 nitrogen and oxygen atoms in total. The van der Waals surface area contributed by atoms with Crippen molar-refractivity contribution in [3.8, 4) is 0 Å². The smallest absolute Gasteiger partial charge is 0.363 e. The molecule has 2 aromatic rings. The van der Waals surface area contributed by atoms with Gasteiger partial charge in [0.15, 0.2) is 5.70 Å². The summed E-state index contributed by atoms with van der Waals surface area (Å²) in [6.07, 6.45) is 1.36. The van der Waals surface area contributed by atoms with Crippen molar-refractivity contribution >= 4 is 29.5 Å². The molecule has 0 radical (unpaired) electrons. The van der Waals surface area contributed by atoms with E-state index in [1.165, 1.54) is 12.1 Å². The second-order valence-corrected chi connectivity index (χ2v) is 4.80. The third kappa shape index (κ3) is 2.85. The van der Waals surface area contributed by atoms with Gasteiger partial charge in [-0.15, -0.1) is 0 Å². The van der Waals surface area contributed by atoms with Gasteiger partial charge in [0, 0.05) is 16.1 Å². The summed E-state index contributed by atoms with van der Waals surface area (Å²) in [5.41, 5.74) is 0.972. The molecule has 1 aliphatic rings. The molecule has 0 amide bonds. The Kier molecular flexibility index (Phi) is 3.54. The van der Waals surface area contributed by atoms with Crippen molar-refractivity contribution in [2.45, 2.75) is 0 Å². The maximum absolute atomic E-state index is 13.6. The average molecular weight is 302 g/mol. The highest BCUT2D eigenvalue weighted by molar-refractivity contribution is 6.30. The van der Waals surface area contributed by atoms with Crippen molar-refractivity contribution in [3.05, 3.63) is 76.2 Å². The fourth-order valence-corrected chi connectivity index (χ4v) is 1.99. The number of benzene rings is 2. The van der Waals surface area contributed by atoms with E-state index in [0.29, 0.717) is 10.6 Å². The van der Waals surface area contributed by atoms with Crippen LogP contribution in [0.3, 0.4) is 0 Å². The maximum Gasteiger partial charge on any atom is 0.363 e. The van der Waals surface area contributed by atoms with E-state index >= 15 is 0 Å². The van der Waals surface area contributed by atoms with E-state index in [-0.39, 0.29) is 17.2 Å². The number of esters is 1. The predicted molar refractivity (Wildman–Crippen MR) is 78.5 cm³/mol. The highest BCUT2D eigenvalue weighted by atomic mass is 35.5. The Morgan fingerprint density at radius 1 is 1.10 bits per heavy atom. The zero-order valence-electron chi connectivity index (χ0n) is 10.7. The molecule has 3 rings (SSSR count). The highest BCUT2D eigenvalue weighted by Crippen LogP contribution is 2.21. The molecule has 0 aromatic heterocycles. The molecule has 0 bridgehead atoms. The number of rotatable bonds is 2. The van der Waals surface area contributed by atoms with E-state index in [1.807, 2.05) is 0 Å². The minimum absolute atomic E-state index is 0.0602. The van der Waals surface area contributed by atoms with Crippen LogP contribution in [0.15, 0.2) is 59.2 Å². The Morgan fingerprint density at radius 3 is 2.52 bits per heavy atom. The standard InChI is InChI=1S/C16H9ClFNO2/c17-12-7-5-10(6-8-12)15-19-14(16(20)21-15)9-11-3-1-2-4-13(11)18/h1-9H/b14-9+. The van der Waals surface area contributed by atoms with E-state index in [0.717, 1.165) is 0 Å². The van der Waals surface area contributed by atoms with Crippen LogP contribution in [-0.2, 0) is 9.53 Å². The first-order chi connectivity index (χ1) is 10.1.